The molecule has 1 aliphatic carbocycles. The molecule has 1 N–H and O–H groups in total. The lowest BCUT2D eigenvalue weighted by molar-refractivity contribution is 0.0654. The van der Waals surface area contributed by atoms with Crippen molar-refractivity contribution in [3.8, 4) is 0 Å². The van der Waals surface area contributed by atoms with Gasteiger partial charge in [-0.15, -0.1) is 0 Å². The summed E-state index contributed by atoms with van der Waals surface area (Å²) < 4.78 is 0. The largest absolute Gasteiger partial charge is 0.316 e. The summed E-state index contributed by atoms with van der Waals surface area (Å²) >= 11 is 0. The summed E-state index contributed by atoms with van der Waals surface area (Å²) in [7, 11) is 0. The third-order valence-corrected chi connectivity index (χ3v) is 5.13. The Hall–Kier alpha value is -0.860. The zero-order valence-corrected chi connectivity index (χ0v) is 12.8. The number of hydrogen-bond donors (Lipinski definition) is 1. The lowest BCUT2D eigenvalue weighted by Gasteiger charge is -2.44. The Morgan fingerprint density at radius 1 is 1.10 bits per heavy atom. The SMILES string of the molecule is CCCNCC1CCC1N1CCc2ccccc2CC1. The molecule has 1 aliphatic heterocycles. The fourth-order valence-electron chi connectivity index (χ4n) is 3.75. The van der Waals surface area contributed by atoms with Gasteiger partial charge < -0.3 is 5.32 Å². The zero-order chi connectivity index (χ0) is 13.8. The van der Waals surface area contributed by atoms with Crippen molar-refractivity contribution in [2.75, 3.05) is 26.2 Å². The molecule has 2 atom stereocenters. The molecular formula is C18H28N2. The highest BCUT2D eigenvalue weighted by Gasteiger charge is 2.35. The van der Waals surface area contributed by atoms with Gasteiger partial charge in [0.05, 0.1) is 0 Å². The molecule has 1 heterocycles. The minimum atomic E-state index is 0.841. The molecule has 2 nitrogen and oxygen atoms in total. The van der Waals surface area contributed by atoms with Crippen LogP contribution in [0.1, 0.15) is 37.3 Å². The first-order valence-corrected chi connectivity index (χ1v) is 8.40. The third-order valence-electron chi connectivity index (χ3n) is 5.13. The summed E-state index contributed by atoms with van der Waals surface area (Å²) in [5.74, 6) is 0.891. The second kappa shape index (κ2) is 6.73. The smallest absolute Gasteiger partial charge is 0.0136 e. The predicted octanol–water partition coefficient (Wildman–Crippen LogP) is 2.87. The van der Waals surface area contributed by atoms with Gasteiger partial charge in [-0.1, -0.05) is 31.2 Å². The van der Waals surface area contributed by atoms with Crippen molar-refractivity contribution in [1.29, 1.82) is 0 Å². The molecule has 2 aliphatic rings. The van der Waals surface area contributed by atoms with E-state index in [1.54, 1.807) is 11.1 Å². The molecule has 110 valence electrons. The first kappa shape index (κ1) is 14.1. The summed E-state index contributed by atoms with van der Waals surface area (Å²) in [5, 5.41) is 3.61. The van der Waals surface area contributed by atoms with Crippen LogP contribution in [0.2, 0.25) is 0 Å². The van der Waals surface area contributed by atoms with Crippen LogP contribution in [0.4, 0.5) is 0 Å². The van der Waals surface area contributed by atoms with E-state index >= 15 is 0 Å². The van der Waals surface area contributed by atoms with Crippen LogP contribution in [0.3, 0.4) is 0 Å². The number of nitrogens with one attached hydrogen (secondary N) is 1. The third kappa shape index (κ3) is 3.07. The summed E-state index contributed by atoms with van der Waals surface area (Å²) in [6.07, 6.45) is 6.56. The molecule has 0 spiro atoms. The molecule has 1 aromatic carbocycles. The average Bonchev–Trinajstić information content (AvgIpc) is 2.66. The van der Waals surface area contributed by atoms with E-state index in [4.69, 9.17) is 0 Å². The number of benzene rings is 1. The van der Waals surface area contributed by atoms with E-state index in [-0.39, 0.29) is 0 Å². The van der Waals surface area contributed by atoms with Gasteiger partial charge in [0.2, 0.25) is 0 Å². The summed E-state index contributed by atoms with van der Waals surface area (Å²) in [6, 6.07) is 9.86. The van der Waals surface area contributed by atoms with Crippen LogP contribution >= 0.6 is 0 Å². The maximum Gasteiger partial charge on any atom is 0.0136 e. The van der Waals surface area contributed by atoms with Gasteiger partial charge >= 0.3 is 0 Å². The minimum absolute atomic E-state index is 0.841. The lowest BCUT2D eigenvalue weighted by atomic mass is 9.78. The maximum absolute atomic E-state index is 3.61. The van der Waals surface area contributed by atoms with Crippen molar-refractivity contribution in [2.45, 2.75) is 45.1 Å². The van der Waals surface area contributed by atoms with Gasteiger partial charge in [-0.2, -0.15) is 0 Å². The number of rotatable bonds is 5. The predicted molar refractivity (Wildman–Crippen MR) is 85.1 cm³/mol. The average molecular weight is 272 g/mol. The fourth-order valence-corrected chi connectivity index (χ4v) is 3.75. The number of hydrogen-bond acceptors (Lipinski definition) is 2. The van der Waals surface area contributed by atoms with E-state index in [1.807, 2.05) is 0 Å². The number of fused-ring (bicyclic) bond motifs is 1. The van der Waals surface area contributed by atoms with Crippen molar-refractivity contribution in [2.24, 2.45) is 5.92 Å². The van der Waals surface area contributed by atoms with Crippen molar-refractivity contribution < 1.29 is 0 Å². The van der Waals surface area contributed by atoms with E-state index in [2.05, 4.69) is 41.4 Å². The van der Waals surface area contributed by atoms with Gasteiger partial charge in [0.25, 0.3) is 0 Å². The molecule has 1 aromatic rings. The van der Waals surface area contributed by atoms with Gasteiger partial charge in [-0.25, -0.2) is 0 Å². The second-order valence-electron chi connectivity index (χ2n) is 6.41. The Bertz CT molecular complexity index is 402. The summed E-state index contributed by atoms with van der Waals surface area (Å²) in [4.78, 5) is 2.77. The normalized spacial score (nSPS) is 26.6. The van der Waals surface area contributed by atoms with Gasteiger partial charge in [0, 0.05) is 19.1 Å². The molecule has 3 rings (SSSR count). The van der Waals surface area contributed by atoms with Crippen LogP contribution in [0.25, 0.3) is 0 Å². The van der Waals surface area contributed by atoms with Crippen LogP contribution in [0, 0.1) is 5.92 Å². The van der Waals surface area contributed by atoms with E-state index in [0.717, 1.165) is 12.0 Å². The monoisotopic (exact) mass is 272 g/mol. The molecular weight excluding hydrogens is 244 g/mol. The maximum atomic E-state index is 3.61. The van der Waals surface area contributed by atoms with Crippen LogP contribution in [-0.2, 0) is 12.8 Å². The molecule has 0 aromatic heterocycles. The van der Waals surface area contributed by atoms with Crippen LogP contribution in [-0.4, -0.2) is 37.1 Å². The van der Waals surface area contributed by atoms with Crippen LogP contribution < -0.4 is 5.32 Å². The molecule has 20 heavy (non-hydrogen) atoms. The fraction of sp³-hybridized carbons (Fsp3) is 0.667. The Morgan fingerprint density at radius 3 is 2.35 bits per heavy atom. The molecule has 2 unspecified atom stereocenters. The van der Waals surface area contributed by atoms with Crippen molar-refractivity contribution >= 4 is 0 Å². The summed E-state index contributed by atoms with van der Waals surface area (Å²) in [6.45, 7) is 7.16. The molecule has 1 saturated carbocycles. The Kier molecular flexibility index (Phi) is 4.74. The molecule has 0 bridgehead atoms. The summed E-state index contributed by atoms with van der Waals surface area (Å²) in [5.41, 5.74) is 3.16. The first-order chi connectivity index (χ1) is 9.88. The standard InChI is InChI=1S/C18H28N2/c1-2-11-19-14-17-7-8-18(17)20-12-9-15-5-3-4-6-16(15)10-13-20/h3-6,17-19H,2,7-14H2,1H3. The van der Waals surface area contributed by atoms with Gasteiger partial charge in [-0.3, -0.25) is 4.90 Å². The molecule has 0 saturated heterocycles. The van der Waals surface area contributed by atoms with E-state index < -0.39 is 0 Å². The quantitative estimate of drug-likeness (QED) is 0.829. The van der Waals surface area contributed by atoms with E-state index in [0.29, 0.717) is 0 Å². The zero-order valence-electron chi connectivity index (χ0n) is 12.8. The highest BCUT2D eigenvalue weighted by Crippen LogP contribution is 2.33. The Balaban J connectivity index is 1.54. The second-order valence-corrected chi connectivity index (χ2v) is 6.41. The van der Waals surface area contributed by atoms with Gasteiger partial charge in [-0.05, 0) is 62.2 Å². The van der Waals surface area contributed by atoms with Crippen LogP contribution in [0.15, 0.2) is 24.3 Å². The highest BCUT2D eigenvalue weighted by atomic mass is 15.2. The Labute approximate surface area is 123 Å². The number of nitrogens with zero attached hydrogens (tertiary/aromatic N) is 1. The minimum Gasteiger partial charge on any atom is -0.316 e. The first-order valence-electron chi connectivity index (χ1n) is 8.40. The Morgan fingerprint density at radius 2 is 1.80 bits per heavy atom. The van der Waals surface area contributed by atoms with E-state index in [1.165, 1.54) is 58.3 Å². The van der Waals surface area contributed by atoms with Crippen molar-refractivity contribution in [3.05, 3.63) is 35.4 Å². The van der Waals surface area contributed by atoms with Crippen molar-refractivity contribution in [3.63, 3.8) is 0 Å². The van der Waals surface area contributed by atoms with Gasteiger partial charge in [0.1, 0.15) is 0 Å². The molecule has 0 amide bonds. The lowest BCUT2D eigenvalue weighted by Crippen LogP contribution is -2.51. The van der Waals surface area contributed by atoms with Gasteiger partial charge in [0.15, 0.2) is 0 Å². The molecule has 0 radical (unpaired) electrons. The van der Waals surface area contributed by atoms with Crippen LogP contribution in [0.5, 0.6) is 0 Å². The topological polar surface area (TPSA) is 15.3 Å². The molecule has 2 heteroatoms. The van der Waals surface area contributed by atoms with E-state index in [9.17, 15) is 0 Å². The van der Waals surface area contributed by atoms with Crippen molar-refractivity contribution in [1.82, 2.24) is 10.2 Å². The highest BCUT2D eigenvalue weighted by molar-refractivity contribution is 5.28. The molecule has 1 fully saturated rings.